The van der Waals surface area contributed by atoms with Crippen LogP contribution in [0.5, 0.6) is 0 Å². The summed E-state index contributed by atoms with van der Waals surface area (Å²) in [6.07, 6.45) is -0.905. The van der Waals surface area contributed by atoms with Crippen molar-refractivity contribution in [3.8, 4) is 0 Å². The molecule has 3 heterocycles. The summed E-state index contributed by atoms with van der Waals surface area (Å²) in [5.74, 6) is -0.267. The van der Waals surface area contributed by atoms with Crippen LogP contribution in [0.25, 0.3) is 0 Å². The van der Waals surface area contributed by atoms with Crippen molar-refractivity contribution in [1.29, 1.82) is 0 Å². The fourth-order valence-corrected chi connectivity index (χ4v) is 3.60. The minimum Gasteiger partial charge on any atom is -0.338 e. The third kappa shape index (κ3) is 4.17. The minimum atomic E-state index is -4.66. The number of rotatable bonds is 4. The zero-order chi connectivity index (χ0) is 20.6. The number of nitrogens with zero attached hydrogens (tertiary/aromatic N) is 6. The monoisotopic (exact) mass is 418 g/mol. The lowest BCUT2D eigenvalue weighted by Gasteiger charge is -2.35. The number of carbonyl (C=O) groups is 1. The largest absolute Gasteiger partial charge is 0.436 e. The molecule has 0 spiro atoms. The van der Waals surface area contributed by atoms with Gasteiger partial charge >= 0.3 is 6.18 Å². The first kappa shape index (κ1) is 20.7. The van der Waals surface area contributed by atoms with Crippen LogP contribution >= 0.6 is 11.6 Å². The van der Waals surface area contributed by atoms with E-state index in [0.717, 1.165) is 16.8 Å². The van der Waals surface area contributed by atoms with E-state index < -0.39 is 22.9 Å². The van der Waals surface area contributed by atoms with E-state index >= 15 is 0 Å². The van der Waals surface area contributed by atoms with Crippen molar-refractivity contribution >= 4 is 17.5 Å². The molecule has 7 nitrogen and oxygen atoms in total. The first-order chi connectivity index (χ1) is 13.1. The highest BCUT2D eigenvalue weighted by Crippen LogP contribution is 2.36. The number of aromatic nitrogens is 4. The maximum atomic E-state index is 13.0. The Morgan fingerprint density at radius 3 is 2.43 bits per heavy atom. The van der Waals surface area contributed by atoms with E-state index in [1.165, 1.54) is 6.92 Å². The molecule has 2 aromatic rings. The van der Waals surface area contributed by atoms with Crippen molar-refractivity contribution in [2.45, 2.75) is 32.6 Å². The summed E-state index contributed by atoms with van der Waals surface area (Å²) < 4.78 is 41.9. The molecule has 11 heteroatoms. The van der Waals surface area contributed by atoms with E-state index in [-0.39, 0.29) is 11.6 Å². The van der Waals surface area contributed by atoms with Gasteiger partial charge in [-0.3, -0.25) is 19.1 Å². The highest BCUT2D eigenvalue weighted by atomic mass is 35.5. The molecule has 1 aliphatic heterocycles. The molecule has 0 aliphatic carbocycles. The van der Waals surface area contributed by atoms with Gasteiger partial charge in [0.15, 0.2) is 5.69 Å². The molecular formula is C17H22ClF3N6O. The number of carbonyl (C=O) groups excluding carboxylic acids is 1. The van der Waals surface area contributed by atoms with E-state index in [1.807, 2.05) is 19.4 Å². The average Bonchev–Trinajstić information content (AvgIpc) is 3.17. The normalized spacial score (nSPS) is 17.2. The van der Waals surface area contributed by atoms with Crippen molar-refractivity contribution in [3.05, 3.63) is 34.4 Å². The molecular weight excluding hydrogens is 397 g/mol. The fourth-order valence-electron chi connectivity index (χ4n) is 3.36. The molecule has 154 valence electrons. The van der Waals surface area contributed by atoms with Crippen LogP contribution in [0.4, 0.5) is 13.2 Å². The first-order valence-electron chi connectivity index (χ1n) is 8.88. The molecule has 0 saturated carbocycles. The van der Waals surface area contributed by atoms with Gasteiger partial charge < -0.3 is 4.90 Å². The fraction of sp³-hybridized carbons (Fsp3) is 0.588. The van der Waals surface area contributed by atoms with Gasteiger partial charge in [-0.1, -0.05) is 11.6 Å². The van der Waals surface area contributed by atoms with Crippen LogP contribution in [0.15, 0.2) is 12.4 Å². The Hall–Kier alpha value is -2.07. The molecule has 1 saturated heterocycles. The molecule has 3 rings (SSSR count). The zero-order valence-electron chi connectivity index (χ0n) is 15.9. The van der Waals surface area contributed by atoms with E-state index in [9.17, 15) is 18.0 Å². The molecule has 0 N–H and O–H groups in total. The highest BCUT2D eigenvalue weighted by molar-refractivity contribution is 6.32. The summed E-state index contributed by atoms with van der Waals surface area (Å²) in [6, 6.07) is -0.863. The minimum absolute atomic E-state index is 0.130. The summed E-state index contributed by atoms with van der Waals surface area (Å²) in [4.78, 5) is 16.7. The second kappa shape index (κ2) is 7.75. The molecule has 1 fully saturated rings. The predicted octanol–water partition coefficient (Wildman–Crippen LogP) is 2.50. The summed E-state index contributed by atoms with van der Waals surface area (Å²) in [5, 5.41) is 7.24. The van der Waals surface area contributed by atoms with Crippen molar-refractivity contribution in [2.75, 3.05) is 26.2 Å². The Morgan fingerprint density at radius 2 is 1.93 bits per heavy atom. The van der Waals surface area contributed by atoms with Crippen molar-refractivity contribution in [1.82, 2.24) is 29.4 Å². The number of halogens is 4. The maximum Gasteiger partial charge on any atom is 0.436 e. The Morgan fingerprint density at radius 1 is 1.29 bits per heavy atom. The van der Waals surface area contributed by atoms with Crippen LogP contribution in [0.2, 0.25) is 5.02 Å². The Balaban J connectivity index is 1.63. The van der Waals surface area contributed by atoms with E-state index in [4.69, 9.17) is 11.6 Å². The SMILES string of the molecule is Cc1c(Cl)c(C(F)(F)F)nn1C(C)C(=O)N1CCN(Cc2cnn(C)c2)CC1. The summed E-state index contributed by atoms with van der Waals surface area (Å²) in [5.41, 5.74) is 0.0646. The Kier molecular flexibility index (Phi) is 5.72. The zero-order valence-corrected chi connectivity index (χ0v) is 16.6. The smallest absolute Gasteiger partial charge is 0.338 e. The third-order valence-corrected chi connectivity index (χ3v) is 5.37. The van der Waals surface area contributed by atoms with Gasteiger partial charge in [-0.25, -0.2) is 0 Å². The highest BCUT2D eigenvalue weighted by Gasteiger charge is 2.39. The first-order valence-corrected chi connectivity index (χ1v) is 9.26. The molecule has 0 bridgehead atoms. The quantitative estimate of drug-likeness (QED) is 0.765. The number of hydrogen-bond acceptors (Lipinski definition) is 4. The van der Waals surface area contributed by atoms with E-state index in [0.29, 0.717) is 26.2 Å². The van der Waals surface area contributed by atoms with Crippen molar-refractivity contribution in [2.24, 2.45) is 7.05 Å². The van der Waals surface area contributed by atoms with Crippen LogP contribution in [-0.2, 0) is 24.6 Å². The van der Waals surface area contributed by atoms with E-state index in [1.54, 1.807) is 16.5 Å². The summed E-state index contributed by atoms with van der Waals surface area (Å²) in [6.45, 7) is 6.09. The third-order valence-electron chi connectivity index (χ3n) is 4.92. The molecule has 28 heavy (non-hydrogen) atoms. The number of alkyl halides is 3. The standard InChI is InChI=1S/C17H22ClF3N6O/c1-11-14(18)15(17(19,20)21)23-27(11)12(2)16(28)26-6-4-25(5-7-26)10-13-8-22-24(3)9-13/h8-9,12H,4-7,10H2,1-3H3. The van der Waals surface area contributed by atoms with Crippen LogP contribution in [0.1, 0.15) is 29.9 Å². The average molecular weight is 419 g/mol. The van der Waals surface area contributed by atoms with Crippen LogP contribution in [0, 0.1) is 6.92 Å². The van der Waals surface area contributed by atoms with Gasteiger partial charge in [-0.15, -0.1) is 0 Å². The van der Waals surface area contributed by atoms with Gasteiger partial charge in [0.2, 0.25) is 5.91 Å². The number of aryl methyl sites for hydroxylation is 1. The topological polar surface area (TPSA) is 59.2 Å². The van der Waals surface area contributed by atoms with Gasteiger partial charge in [-0.2, -0.15) is 23.4 Å². The molecule has 1 amide bonds. The second-order valence-electron chi connectivity index (χ2n) is 6.99. The maximum absolute atomic E-state index is 13.0. The molecule has 1 atom stereocenters. The molecule has 0 aromatic carbocycles. The van der Waals surface area contributed by atoms with Crippen molar-refractivity contribution in [3.63, 3.8) is 0 Å². The molecule has 0 radical (unpaired) electrons. The van der Waals surface area contributed by atoms with Gasteiger partial charge in [0.05, 0.1) is 16.9 Å². The van der Waals surface area contributed by atoms with E-state index in [2.05, 4.69) is 15.1 Å². The van der Waals surface area contributed by atoms with Gasteiger partial charge in [-0.05, 0) is 13.8 Å². The van der Waals surface area contributed by atoms with Gasteiger partial charge in [0.1, 0.15) is 6.04 Å². The van der Waals surface area contributed by atoms with Crippen molar-refractivity contribution < 1.29 is 18.0 Å². The second-order valence-corrected chi connectivity index (χ2v) is 7.37. The number of amides is 1. The number of piperazine rings is 1. The van der Waals surface area contributed by atoms with Gasteiger partial charge in [0, 0.05) is 51.5 Å². The lowest BCUT2D eigenvalue weighted by Crippen LogP contribution is -2.50. The Labute approximate surface area is 165 Å². The predicted molar refractivity (Wildman–Crippen MR) is 96.8 cm³/mol. The Bertz CT molecular complexity index is 854. The lowest BCUT2D eigenvalue weighted by atomic mass is 10.2. The lowest BCUT2D eigenvalue weighted by molar-refractivity contribution is -0.142. The summed E-state index contributed by atoms with van der Waals surface area (Å²) >= 11 is 5.79. The summed E-state index contributed by atoms with van der Waals surface area (Å²) in [7, 11) is 1.86. The van der Waals surface area contributed by atoms with Crippen LogP contribution in [-0.4, -0.2) is 61.4 Å². The van der Waals surface area contributed by atoms with Gasteiger partial charge in [0.25, 0.3) is 0 Å². The molecule has 2 aromatic heterocycles. The molecule has 1 unspecified atom stereocenters. The molecule has 1 aliphatic rings. The van der Waals surface area contributed by atoms with Crippen LogP contribution < -0.4 is 0 Å². The number of hydrogen-bond donors (Lipinski definition) is 0. The van der Waals surface area contributed by atoms with Crippen LogP contribution in [0.3, 0.4) is 0 Å².